The van der Waals surface area contributed by atoms with Crippen molar-refractivity contribution >= 4 is 0 Å². The van der Waals surface area contributed by atoms with Crippen LogP contribution in [0.25, 0.3) is 0 Å². The third-order valence-electron chi connectivity index (χ3n) is 3.55. The summed E-state index contributed by atoms with van der Waals surface area (Å²) in [7, 11) is 4.17. The smallest absolute Gasteiger partial charge is 0.0588 e. The second-order valence-electron chi connectivity index (χ2n) is 5.97. The number of aliphatic hydroxyl groups is 1. The van der Waals surface area contributed by atoms with Crippen molar-refractivity contribution in [2.24, 2.45) is 17.3 Å². The molecule has 0 spiro atoms. The summed E-state index contributed by atoms with van der Waals surface area (Å²) < 4.78 is 0. The quantitative estimate of drug-likeness (QED) is 0.735. The second-order valence-corrected chi connectivity index (χ2v) is 5.97. The lowest BCUT2D eigenvalue weighted by Gasteiger charge is -2.45. The van der Waals surface area contributed by atoms with Gasteiger partial charge in [-0.2, -0.15) is 0 Å². The van der Waals surface area contributed by atoms with Crippen LogP contribution in [-0.2, 0) is 0 Å². The molecule has 2 heteroatoms. The molecule has 1 aliphatic rings. The second kappa shape index (κ2) is 4.19. The molecule has 0 amide bonds. The van der Waals surface area contributed by atoms with Crippen molar-refractivity contribution in [1.82, 2.24) is 4.90 Å². The van der Waals surface area contributed by atoms with Crippen LogP contribution in [0.15, 0.2) is 0 Å². The fourth-order valence-electron chi connectivity index (χ4n) is 2.99. The van der Waals surface area contributed by atoms with Crippen LogP contribution in [0.4, 0.5) is 0 Å². The van der Waals surface area contributed by atoms with E-state index in [1.807, 2.05) is 0 Å². The third-order valence-corrected chi connectivity index (χ3v) is 3.55. The van der Waals surface area contributed by atoms with Crippen molar-refractivity contribution < 1.29 is 5.11 Å². The zero-order valence-electron chi connectivity index (χ0n) is 10.2. The number of aliphatic hydroxyl groups excluding tert-OH is 1. The first-order valence-corrected chi connectivity index (χ1v) is 5.65. The molecule has 14 heavy (non-hydrogen) atoms. The fraction of sp³-hybridized carbons (Fsp3) is 1.00. The third kappa shape index (κ3) is 2.71. The lowest BCUT2D eigenvalue weighted by molar-refractivity contribution is -0.0404. The maximum Gasteiger partial charge on any atom is 0.0588 e. The predicted molar refractivity (Wildman–Crippen MR) is 60.2 cm³/mol. The molecule has 0 radical (unpaired) electrons. The summed E-state index contributed by atoms with van der Waals surface area (Å²) in [6, 6.07) is 0. The molecule has 0 aromatic rings. The van der Waals surface area contributed by atoms with Crippen molar-refractivity contribution in [1.29, 1.82) is 0 Å². The lowest BCUT2D eigenvalue weighted by atomic mass is 9.64. The molecule has 0 heterocycles. The van der Waals surface area contributed by atoms with Gasteiger partial charge in [0.25, 0.3) is 0 Å². The molecule has 0 bridgehead atoms. The topological polar surface area (TPSA) is 23.5 Å². The Bertz CT molecular complexity index is 189. The van der Waals surface area contributed by atoms with Crippen LogP contribution in [0.2, 0.25) is 0 Å². The van der Waals surface area contributed by atoms with Gasteiger partial charge in [0, 0.05) is 12.5 Å². The first-order chi connectivity index (χ1) is 6.33. The van der Waals surface area contributed by atoms with Gasteiger partial charge in [-0.1, -0.05) is 20.8 Å². The van der Waals surface area contributed by atoms with Crippen LogP contribution >= 0.6 is 0 Å². The van der Waals surface area contributed by atoms with E-state index in [-0.39, 0.29) is 11.5 Å². The molecule has 2 nitrogen and oxygen atoms in total. The molecule has 0 saturated heterocycles. The van der Waals surface area contributed by atoms with Crippen molar-refractivity contribution in [3.8, 4) is 0 Å². The fourth-order valence-corrected chi connectivity index (χ4v) is 2.99. The molecule has 1 aliphatic carbocycles. The molecule has 0 aromatic heterocycles. The highest BCUT2D eigenvalue weighted by molar-refractivity contribution is 4.91. The minimum absolute atomic E-state index is 0.115. The zero-order valence-corrected chi connectivity index (χ0v) is 10.2. The van der Waals surface area contributed by atoms with Gasteiger partial charge in [-0.15, -0.1) is 0 Å². The molecule has 1 rings (SSSR count). The normalized spacial score (nSPS) is 37.5. The average molecular weight is 199 g/mol. The molecule has 3 atom stereocenters. The molecule has 0 aliphatic heterocycles. The Morgan fingerprint density at radius 2 is 1.93 bits per heavy atom. The van der Waals surface area contributed by atoms with Gasteiger partial charge in [-0.25, -0.2) is 0 Å². The summed E-state index contributed by atoms with van der Waals surface area (Å²) in [6.07, 6.45) is 2.10. The van der Waals surface area contributed by atoms with Crippen molar-refractivity contribution in [3.05, 3.63) is 0 Å². The number of rotatable bonds is 2. The molecule has 0 aromatic carbocycles. The largest absolute Gasteiger partial charge is 0.393 e. The number of nitrogens with zero attached hydrogens (tertiary/aromatic N) is 1. The highest BCUT2D eigenvalue weighted by Gasteiger charge is 2.40. The monoisotopic (exact) mass is 199 g/mol. The van der Waals surface area contributed by atoms with Crippen LogP contribution in [0.1, 0.15) is 33.6 Å². The Labute approximate surface area is 88.3 Å². The predicted octanol–water partition coefficient (Wildman–Crippen LogP) is 1.98. The van der Waals surface area contributed by atoms with Crippen LogP contribution in [-0.4, -0.2) is 36.8 Å². The van der Waals surface area contributed by atoms with Gasteiger partial charge >= 0.3 is 0 Å². The van der Waals surface area contributed by atoms with E-state index in [0.717, 1.165) is 13.0 Å². The van der Waals surface area contributed by atoms with Crippen LogP contribution in [0.5, 0.6) is 0 Å². The first-order valence-electron chi connectivity index (χ1n) is 5.65. The summed E-state index contributed by atoms with van der Waals surface area (Å²) >= 11 is 0. The highest BCUT2D eigenvalue weighted by Crippen LogP contribution is 2.43. The molecule has 1 N–H and O–H groups in total. The van der Waals surface area contributed by atoms with Gasteiger partial charge in [-0.3, -0.25) is 0 Å². The van der Waals surface area contributed by atoms with E-state index in [4.69, 9.17) is 0 Å². The van der Waals surface area contributed by atoms with E-state index in [0.29, 0.717) is 11.8 Å². The van der Waals surface area contributed by atoms with Crippen LogP contribution < -0.4 is 0 Å². The van der Waals surface area contributed by atoms with Crippen LogP contribution in [0.3, 0.4) is 0 Å². The lowest BCUT2D eigenvalue weighted by Crippen LogP contribution is -2.46. The van der Waals surface area contributed by atoms with Gasteiger partial charge in [0.15, 0.2) is 0 Å². The van der Waals surface area contributed by atoms with Crippen LogP contribution in [0, 0.1) is 17.3 Å². The van der Waals surface area contributed by atoms with E-state index >= 15 is 0 Å². The summed E-state index contributed by atoms with van der Waals surface area (Å²) in [6.45, 7) is 7.83. The number of hydrogen-bond acceptors (Lipinski definition) is 2. The zero-order chi connectivity index (χ0) is 10.9. The van der Waals surface area contributed by atoms with E-state index in [9.17, 15) is 5.11 Å². The van der Waals surface area contributed by atoms with Gasteiger partial charge in [0.05, 0.1) is 6.10 Å². The van der Waals surface area contributed by atoms with E-state index < -0.39 is 0 Å². The SMILES string of the molecule is C[C@@H]1C[C@H](O)[C@H](CN(C)C)C(C)(C)C1. The molecule has 1 saturated carbocycles. The Morgan fingerprint density at radius 1 is 1.36 bits per heavy atom. The highest BCUT2D eigenvalue weighted by atomic mass is 16.3. The Hall–Kier alpha value is -0.0800. The summed E-state index contributed by atoms with van der Waals surface area (Å²) in [4.78, 5) is 2.19. The van der Waals surface area contributed by atoms with Gasteiger partial charge < -0.3 is 10.0 Å². The van der Waals surface area contributed by atoms with Crippen molar-refractivity contribution in [2.75, 3.05) is 20.6 Å². The van der Waals surface area contributed by atoms with Crippen molar-refractivity contribution in [2.45, 2.75) is 39.7 Å². The summed E-state index contributed by atoms with van der Waals surface area (Å²) in [5, 5.41) is 10.1. The molecular weight excluding hydrogens is 174 g/mol. The first kappa shape index (κ1) is 12.0. The maximum atomic E-state index is 10.1. The number of hydrogen-bond donors (Lipinski definition) is 1. The van der Waals surface area contributed by atoms with Gasteiger partial charge in [-0.05, 0) is 38.3 Å². The summed E-state index contributed by atoms with van der Waals surface area (Å²) in [5.41, 5.74) is 0.279. The minimum atomic E-state index is -0.115. The van der Waals surface area contributed by atoms with Crippen molar-refractivity contribution in [3.63, 3.8) is 0 Å². The standard InChI is InChI=1S/C12H25NO/c1-9-6-11(14)10(8-13(4)5)12(2,3)7-9/h9-11,14H,6-8H2,1-5H3/t9-,10+,11+/m1/s1. The van der Waals surface area contributed by atoms with E-state index in [1.54, 1.807) is 0 Å². The summed E-state index contributed by atoms with van der Waals surface area (Å²) in [5.74, 6) is 1.09. The molecule has 84 valence electrons. The van der Waals surface area contributed by atoms with Gasteiger partial charge in [0.2, 0.25) is 0 Å². The van der Waals surface area contributed by atoms with Gasteiger partial charge in [0.1, 0.15) is 0 Å². The Balaban J connectivity index is 2.69. The molecule has 1 fully saturated rings. The van der Waals surface area contributed by atoms with E-state index in [1.165, 1.54) is 6.42 Å². The van der Waals surface area contributed by atoms with E-state index in [2.05, 4.69) is 39.8 Å². The average Bonchev–Trinajstić information content (AvgIpc) is 1.95. The maximum absolute atomic E-state index is 10.1. The molecule has 0 unspecified atom stereocenters. The minimum Gasteiger partial charge on any atom is -0.393 e. The Kier molecular flexibility index (Phi) is 3.59. The molecular formula is C12H25NO. The Morgan fingerprint density at radius 3 is 2.36 bits per heavy atom.